The summed E-state index contributed by atoms with van der Waals surface area (Å²) in [6.45, 7) is 6.46. The van der Waals surface area contributed by atoms with Crippen LogP contribution >= 0.6 is 17.0 Å². The largest absolute Gasteiger partial charge is 0.287 e. The predicted molar refractivity (Wildman–Crippen MR) is 99.4 cm³/mol. The smallest absolute Gasteiger partial charge is 0.228 e. The number of carbonyl (C=O) groups excluding carboxylic acids is 1. The third kappa shape index (κ3) is 3.50. The van der Waals surface area contributed by atoms with E-state index in [9.17, 15) is 4.79 Å². The second-order valence-electron chi connectivity index (χ2n) is 5.89. The quantitative estimate of drug-likeness (QED) is 0.490. The molecule has 0 radical (unpaired) electrons. The Kier molecular flexibility index (Phi) is 5.32. The van der Waals surface area contributed by atoms with Gasteiger partial charge in [-0.2, -0.15) is 4.57 Å². The SMILES string of the molecule is Br.Cc1cc(C)c(C(=O)C[n+]2cccc3ccccc32)c(C)c1. The van der Waals surface area contributed by atoms with Crippen molar-refractivity contribution >= 4 is 33.7 Å². The molecule has 0 unspecified atom stereocenters. The van der Waals surface area contributed by atoms with Gasteiger partial charge in [-0.05, 0) is 44.0 Å². The first-order chi connectivity index (χ1) is 10.6. The molecule has 0 N–H and O–H groups in total. The van der Waals surface area contributed by atoms with Gasteiger partial charge in [-0.25, -0.2) is 0 Å². The number of Topliss-reactive ketones (excluding diaryl/α,β-unsaturated/α-hetero) is 1. The maximum absolute atomic E-state index is 12.8. The number of carbonyl (C=O) groups is 1. The number of hydrogen-bond acceptors (Lipinski definition) is 1. The Morgan fingerprint density at radius 3 is 2.26 bits per heavy atom. The molecule has 0 aliphatic carbocycles. The van der Waals surface area contributed by atoms with Gasteiger partial charge in [0.25, 0.3) is 0 Å². The van der Waals surface area contributed by atoms with Gasteiger partial charge in [0, 0.05) is 23.1 Å². The van der Waals surface area contributed by atoms with Crippen LogP contribution in [0.1, 0.15) is 27.0 Å². The van der Waals surface area contributed by atoms with E-state index in [2.05, 4.69) is 37.3 Å². The lowest BCUT2D eigenvalue weighted by Crippen LogP contribution is -2.38. The van der Waals surface area contributed by atoms with E-state index in [-0.39, 0.29) is 22.8 Å². The van der Waals surface area contributed by atoms with Gasteiger partial charge in [-0.3, -0.25) is 4.79 Å². The zero-order valence-electron chi connectivity index (χ0n) is 13.7. The third-order valence-corrected chi connectivity index (χ3v) is 4.06. The molecule has 118 valence electrons. The summed E-state index contributed by atoms with van der Waals surface area (Å²) in [4.78, 5) is 12.8. The average molecular weight is 371 g/mol. The lowest BCUT2D eigenvalue weighted by molar-refractivity contribution is -0.657. The fourth-order valence-corrected chi connectivity index (χ4v) is 3.21. The Bertz CT molecular complexity index is 842. The molecule has 0 spiro atoms. The molecule has 0 atom stereocenters. The molecular formula is C20H21BrNO+. The minimum absolute atomic E-state index is 0. The lowest BCUT2D eigenvalue weighted by atomic mass is 9.96. The number of halogens is 1. The minimum Gasteiger partial charge on any atom is -0.287 e. The zero-order valence-corrected chi connectivity index (χ0v) is 15.4. The van der Waals surface area contributed by atoms with Gasteiger partial charge < -0.3 is 0 Å². The summed E-state index contributed by atoms with van der Waals surface area (Å²) in [6.07, 6.45) is 1.97. The number of rotatable bonds is 3. The van der Waals surface area contributed by atoms with Crippen LogP contribution in [0.5, 0.6) is 0 Å². The molecule has 3 aromatic rings. The van der Waals surface area contributed by atoms with Crippen molar-refractivity contribution in [3.05, 3.63) is 77.0 Å². The second kappa shape index (κ2) is 7.05. The van der Waals surface area contributed by atoms with E-state index in [4.69, 9.17) is 0 Å². The van der Waals surface area contributed by atoms with Crippen molar-refractivity contribution in [2.24, 2.45) is 0 Å². The molecule has 0 aliphatic rings. The standard InChI is InChI=1S/C20H20NO.BrH/c1-14-11-15(2)20(16(3)12-14)19(22)13-21-10-6-8-17-7-4-5-9-18(17)21;/h4-12H,13H2,1-3H3;1H/q+1;. The van der Waals surface area contributed by atoms with Crippen molar-refractivity contribution in [3.8, 4) is 0 Å². The van der Waals surface area contributed by atoms with Crippen LogP contribution < -0.4 is 4.57 Å². The maximum atomic E-state index is 12.8. The predicted octanol–water partition coefficient (Wildman–Crippen LogP) is 4.51. The highest BCUT2D eigenvalue weighted by atomic mass is 79.9. The van der Waals surface area contributed by atoms with Crippen LogP contribution in [0.15, 0.2) is 54.7 Å². The highest BCUT2D eigenvalue weighted by molar-refractivity contribution is 8.93. The van der Waals surface area contributed by atoms with Crippen LogP contribution in [-0.2, 0) is 6.54 Å². The number of fused-ring (bicyclic) bond motifs is 1. The van der Waals surface area contributed by atoms with Crippen LogP contribution in [0.2, 0.25) is 0 Å². The van der Waals surface area contributed by atoms with Gasteiger partial charge in [0.05, 0.1) is 0 Å². The van der Waals surface area contributed by atoms with Crippen LogP contribution in [0.3, 0.4) is 0 Å². The van der Waals surface area contributed by atoms with Crippen molar-refractivity contribution in [2.75, 3.05) is 0 Å². The van der Waals surface area contributed by atoms with E-state index in [1.54, 1.807) is 0 Å². The molecule has 1 aromatic heterocycles. The Hall–Kier alpha value is -2.00. The monoisotopic (exact) mass is 370 g/mol. The van der Waals surface area contributed by atoms with E-state index in [1.807, 2.05) is 42.8 Å². The maximum Gasteiger partial charge on any atom is 0.228 e. The lowest BCUT2D eigenvalue weighted by Gasteiger charge is -2.09. The van der Waals surface area contributed by atoms with Crippen LogP contribution in [0, 0.1) is 20.8 Å². The number of benzene rings is 2. The fraction of sp³-hybridized carbons (Fsp3) is 0.200. The molecule has 2 aromatic carbocycles. The summed E-state index contributed by atoms with van der Waals surface area (Å²) in [5, 5.41) is 1.15. The average Bonchev–Trinajstić information content (AvgIpc) is 2.46. The Morgan fingerprint density at radius 1 is 0.957 bits per heavy atom. The van der Waals surface area contributed by atoms with Crippen molar-refractivity contribution in [1.29, 1.82) is 0 Å². The molecule has 23 heavy (non-hydrogen) atoms. The van der Waals surface area contributed by atoms with Crippen molar-refractivity contribution in [2.45, 2.75) is 27.3 Å². The molecule has 0 saturated carbocycles. The number of pyridine rings is 1. The van der Waals surface area contributed by atoms with E-state index in [0.29, 0.717) is 6.54 Å². The zero-order chi connectivity index (χ0) is 15.7. The molecule has 1 heterocycles. The summed E-state index contributed by atoms with van der Waals surface area (Å²) in [6, 6.07) is 16.4. The highest BCUT2D eigenvalue weighted by Crippen LogP contribution is 2.17. The summed E-state index contributed by atoms with van der Waals surface area (Å²) in [5.41, 5.74) is 5.25. The van der Waals surface area contributed by atoms with Gasteiger partial charge >= 0.3 is 0 Å². The first-order valence-electron chi connectivity index (χ1n) is 7.54. The normalized spacial score (nSPS) is 10.4. The van der Waals surface area contributed by atoms with E-state index >= 15 is 0 Å². The summed E-state index contributed by atoms with van der Waals surface area (Å²) >= 11 is 0. The molecular weight excluding hydrogens is 350 g/mol. The number of ketones is 1. The summed E-state index contributed by atoms with van der Waals surface area (Å²) in [7, 11) is 0. The van der Waals surface area contributed by atoms with Gasteiger partial charge in [0.2, 0.25) is 17.8 Å². The third-order valence-electron chi connectivity index (χ3n) is 4.06. The fourth-order valence-electron chi connectivity index (χ4n) is 3.21. The van der Waals surface area contributed by atoms with Crippen LogP contribution in [0.4, 0.5) is 0 Å². The molecule has 3 heteroatoms. The Morgan fingerprint density at radius 2 is 1.57 bits per heavy atom. The second-order valence-corrected chi connectivity index (χ2v) is 5.89. The number of hydrogen-bond donors (Lipinski definition) is 0. The van der Waals surface area contributed by atoms with E-state index < -0.39 is 0 Å². The highest BCUT2D eigenvalue weighted by Gasteiger charge is 2.18. The molecule has 0 saturated heterocycles. The molecule has 3 rings (SSSR count). The molecule has 0 fully saturated rings. The van der Waals surface area contributed by atoms with Gasteiger partial charge in [-0.15, -0.1) is 17.0 Å². The first-order valence-corrected chi connectivity index (χ1v) is 7.54. The van der Waals surface area contributed by atoms with Gasteiger partial charge in [-0.1, -0.05) is 29.8 Å². The first kappa shape index (κ1) is 17.4. The van der Waals surface area contributed by atoms with Crippen LogP contribution in [-0.4, -0.2) is 5.78 Å². The molecule has 0 amide bonds. The van der Waals surface area contributed by atoms with E-state index in [1.165, 1.54) is 5.56 Å². The molecule has 0 aliphatic heterocycles. The minimum atomic E-state index is 0. The number of nitrogens with zero attached hydrogens (tertiary/aromatic N) is 1. The topological polar surface area (TPSA) is 20.9 Å². The molecule has 0 bridgehead atoms. The number of aryl methyl sites for hydroxylation is 3. The Labute approximate surface area is 147 Å². The van der Waals surface area contributed by atoms with E-state index in [0.717, 1.165) is 27.6 Å². The molecule has 2 nitrogen and oxygen atoms in total. The number of para-hydroxylation sites is 1. The number of aromatic nitrogens is 1. The summed E-state index contributed by atoms with van der Waals surface area (Å²) in [5.74, 6) is 0.163. The van der Waals surface area contributed by atoms with Crippen molar-refractivity contribution < 1.29 is 9.36 Å². The van der Waals surface area contributed by atoms with Crippen molar-refractivity contribution in [1.82, 2.24) is 0 Å². The van der Waals surface area contributed by atoms with Gasteiger partial charge in [0.1, 0.15) is 0 Å². The van der Waals surface area contributed by atoms with Crippen molar-refractivity contribution in [3.63, 3.8) is 0 Å². The summed E-state index contributed by atoms with van der Waals surface area (Å²) < 4.78 is 2.02. The Balaban J connectivity index is 0.00000192. The van der Waals surface area contributed by atoms with Crippen LogP contribution in [0.25, 0.3) is 10.9 Å². The van der Waals surface area contributed by atoms with Gasteiger partial charge in [0.15, 0.2) is 6.20 Å².